The van der Waals surface area contributed by atoms with Crippen molar-refractivity contribution in [2.24, 2.45) is 4.99 Å². The Kier molecular flexibility index (Phi) is 6.36. The number of hydrogen-bond acceptors (Lipinski definition) is 4. The summed E-state index contributed by atoms with van der Waals surface area (Å²) < 4.78 is 6.63. The largest absolute Gasteiger partial charge is 0.456 e. The molecule has 2 atom stereocenters. The van der Waals surface area contributed by atoms with Crippen LogP contribution in [0.5, 0.6) is 0 Å². The SMILES string of the molecule is c1ccc(C2=NC(c3cccc4oc5cc(-c6cc7ccccc7c7ccccc67)ccc5c34)NC(c3cccc4ccccc34)N2)cc1. The number of hydrogen-bond donors (Lipinski definition) is 2. The first-order chi connectivity index (χ1) is 24.3. The molecule has 1 aliphatic rings. The van der Waals surface area contributed by atoms with E-state index < -0.39 is 0 Å². The molecular weight excluding hydrogens is 599 g/mol. The van der Waals surface area contributed by atoms with Crippen LogP contribution in [0.25, 0.3) is 65.4 Å². The van der Waals surface area contributed by atoms with E-state index in [0.29, 0.717) is 0 Å². The van der Waals surface area contributed by atoms with E-state index in [2.05, 4.69) is 168 Å². The molecule has 4 heteroatoms. The van der Waals surface area contributed by atoms with E-state index in [1.165, 1.54) is 43.4 Å². The molecule has 0 aliphatic carbocycles. The maximum absolute atomic E-state index is 6.63. The molecule has 0 saturated carbocycles. The Labute approximate surface area is 283 Å². The highest BCUT2D eigenvalue weighted by molar-refractivity contribution is 6.15. The second-order valence-electron chi connectivity index (χ2n) is 12.8. The minimum absolute atomic E-state index is 0.162. The lowest BCUT2D eigenvalue weighted by Crippen LogP contribution is -2.45. The first-order valence-corrected chi connectivity index (χ1v) is 16.8. The molecule has 4 nitrogen and oxygen atoms in total. The van der Waals surface area contributed by atoms with Gasteiger partial charge in [-0.3, -0.25) is 5.32 Å². The molecule has 0 bridgehead atoms. The Hall–Kier alpha value is -6.23. The minimum Gasteiger partial charge on any atom is -0.456 e. The van der Waals surface area contributed by atoms with Crippen LogP contribution in [-0.2, 0) is 0 Å². The predicted molar refractivity (Wildman–Crippen MR) is 203 cm³/mol. The van der Waals surface area contributed by atoms with Crippen molar-refractivity contribution >= 4 is 60.1 Å². The van der Waals surface area contributed by atoms with Crippen molar-refractivity contribution in [2.45, 2.75) is 12.3 Å². The third-order valence-corrected chi connectivity index (χ3v) is 9.95. The molecule has 0 saturated heterocycles. The summed E-state index contributed by atoms with van der Waals surface area (Å²) in [5.41, 5.74) is 7.37. The van der Waals surface area contributed by atoms with Crippen LogP contribution in [-0.4, -0.2) is 5.84 Å². The zero-order valence-electron chi connectivity index (χ0n) is 26.6. The molecule has 2 heterocycles. The molecule has 8 aromatic carbocycles. The molecule has 49 heavy (non-hydrogen) atoms. The lowest BCUT2D eigenvalue weighted by molar-refractivity contribution is 0.412. The second kappa shape index (κ2) is 11.2. The summed E-state index contributed by atoms with van der Waals surface area (Å²) in [6.07, 6.45) is -0.473. The zero-order chi connectivity index (χ0) is 32.3. The molecule has 0 radical (unpaired) electrons. The first-order valence-electron chi connectivity index (χ1n) is 16.8. The average Bonchev–Trinajstić information content (AvgIpc) is 3.56. The molecule has 1 aromatic heterocycles. The van der Waals surface area contributed by atoms with E-state index in [0.717, 1.165) is 44.5 Å². The van der Waals surface area contributed by atoms with Crippen molar-refractivity contribution in [3.8, 4) is 11.1 Å². The number of aliphatic imine (C=N–C) groups is 1. The van der Waals surface area contributed by atoms with Crippen LogP contribution in [0.15, 0.2) is 173 Å². The van der Waals surface area contributed by atoms with Crippen molar-refractivity contribution in [1.82, 2.24) is 10.6 Å². The number of amidine groups is 1. The van der Waals surface area contributed by atoms with Gasteiger partial charge in [-0.25, -0.2) is 4.99 Å². The van der Waals surface area contributed by atoms with Crippen LogP contribution in [0.1, 0.15) is 29.0 Å². The monoisotopic (exact) mass is 629 g/mol. The van der Waals surface area contributed by atoms with Crippen molar-refractivity contribution in [2.75, 3.05) is 0 Å². The summed E-state index contributed by atoms with van der Waals surface area (Å²) in [5, 5.41) is 17.2. The predicted octanol–water partition coefficient (Wildman–Crippen LogP) is 11.0. The fourth-order valence-electron chi connectivity index (χ4n) is 7.66. The van der Waals surface area contributed by atoms with Crippen LogP contribution in [0.3, 0.4) is 0 Å². The van der Waals surface area contributed by atoms with Gasteiger partial charge in [-0.1, -0.05) is 140 Å². The van der Waals surface area contributed by atoms with Gasteiger partial charge in [-0.05, 0) is 73.3 Å². The van der Waals surface area contributed by atoms with E-state index in [-0.39, 0.29) is 12.3 Å². The van der Waals surface area contributed by atoms with Crippen LogP contribution in [0.4, 0.5) is 0 Å². The Balaban J connectivity index is 1.13. The van der Waals surface area contributed by atoms with Gasteiger partial charge in [0.25, 0.3) is 0 Å². The molecular formula is C45H31N3O. The van der Waals surface area contributed by atoms with E-state index in [1.807, 2.05) is 6.07 Å². The third kappa shape index (κ3) is 4.61. The van der Waals surface area contributed by atoms with Gasteiger partial charge < -0.3 is 9.73 Å². The van der Waals surface area contributed by atoms with E-state index >= 15 is 0 Å². The number of nitrogens with one attached hydrogen (secondary N) is 2. The summed E-state index contributed by atoms with van der Waals surface area (Å²) in [4.78, 5) is 5.30. The highest BCUT2D eigenvalue weighted by Gasteiger charge is 2.28. The van der Waals surface area contributed by atoms with Crippen LogP contribution >= 0.6 is 0 Å². The minimum atomic E-state index is -0.311. The van der Waals surface area contributed by atoms with Crippen LogP contribution < -0.4 is 10.6 Å². The molecule has 2 unspecified atom stereocenters. The van der Waals surface area contributed by atoms with Crippen molar-refractivity contribution in [3.63, 3.8) is 0 Å². The Morgan fingerprint density at radius 2 is 1.16 bits per heavy atom. The van der Waals surface area contributed by atoms with Crippen molar-refractivity contribution in [3.05, 3.63) is 180 Å². The summed E-state index contributed by atoms with van der Waals surface area (Å²) in [5.74, 6) is 0.859. The molecule has 9 aromatic rings. The van der Waals surface area contributed by atoms with Gasteiger partial charge in [0.05, 0.1) is 0 Å². The Bertz CT molecular complexity index is 2740. The molecule has 2 N–H and O–H groups in total. The normalized spacial score (nSPS) is 16.4. The van der Waals surface area contributed by atoms with Crippen LogP contribution in [0, 0.1) is 0 Å². The average molecular weight is 630 g/mol. The van der Waals surface area contributed by atoms with Gasteiger partial charge in [0.15, 0.2) is 0 Å². The molecule has 0 fully saturated rings. The number of fused-ring (bicyclic) bond motifs is 7. The molecule has 0 spiro atoms. The highest BCUT2D eigenvalue weighted by atomic mass is 16.3. The first kappa shape index (κ1) is 27.8. The third-order valence-electron chi connectivity index (χ3n) is 9.95. The number of nitrogens with zero attached hydrogens (tertiary/aromatic N) is 1. The fraction of sp³-hybridized carbons (Fsp3) is 0.0444. The second-order valence-corrected chi connectivity index (χ2v) is 12.8. The Morgan fingerprint density at radius 1 is 0.469 bits per heavy atom. The lowest BCUT2D eigenvalue weighted by Gasteiger charge is -2.33. The van der Waals surface area contributed by atoms with Gasteiger partial charge in [-0.2, -0.15) is 0 Å². The van der Waals surface area contributed by atoms with Gasteiger partial charge in [0, 0.05) is 21.9 Å². The standard InChI is InChI=1S/C45H31N3O/c1-2-13-29(14-3-1)43-46-44(36-21-10-16-28-12-4-6-17-32(28)36)48-45(47-43)38-22-11-23-40-42(38)37-25-24-31(27-41(37)49-40)39-26-30-15-5-7-18-33(30)34-19-8-9-20-35(34)39/h1-27,44-45,48H,(H,46,47). The summed E-state index contributed by atoms with van der Waals surface area (Å²) in [6, 6.07) is 58.0. The Morgan fingerprint density at radius 3 is 2.04 bits per heavy atom. The zero-order valence-corrected chi connectivity index (χ0v) is 26.6. The fourth-order valence-corrected chi connectivity index (χ4v) is 7.66. The topological polar surface area (TPSA) is 49.6 Å². The van der Waals surface area contributed by atoms with Gasteiger partial charge >= 0.3 is 0 Å². The van der Waals surface area contributed by atoms with E-state index in [1.54, 1.807) is 0 Å². The maximum atomic E-state index is 6.63. The van der Waals surface area contributed by atoms with Crippen molar-refractivity contribution < 1.29 is 4.42 Å². The smallest absolute Gasteiger partial charge is 0.136 e. The summed E-state index contributed by atoms with van der Waals surface area (Å²) in [6.45, 7) is 0. The van der Waals surface area contributed by atoms with E-state index in [4.69, 9.17) is 9.41 Å². The quantitative estimate of drug-likeness (QED) is 0.190. The van der Waals surface area contributed by atoms with E-state index in [9.17, 15) is 0 Å². The molecule has 232 valence electrons. The highest BCUT2D eigenvalue weighted by Crippen LogP contribution is 2.40. The van der Waals surface area contributed by atoms with Crippen LogP contribution in [0.2, 0.25) is 0 Å². The maximum Gasteiger partial charge on any atom is 0.136 e. The van der Waals surface area contributed by atoms with Crippen molar-refractivity contribution in [1.29, 1.82) is 0 Å². The van der Waals surface area contributed by atoms with Gasteiger partial charge in [0.2, 0.25) is 0 Å². The number of rotatable bonds is 4. The molecule has 1 aliphatic heterocycles. The van der Waals surface area contributed by atoms with Gasteiger partial charge in [-0.15, -0.1) is 0 Å². The van der Waals surface area contributed by atoms with Gasteiger partial charge in [0.1, 0.15) is 29.3 Å². The summed E-state index contributed by atoms with van der Waals surface area (Å²) >= 11 is 0. The molecule has 10 rings (SSSR count). The lowest BCUT2D eigenvalue weighted by atomic mass is 9.92. The number of benzene rings is 8. The number of furan rings is 1. The summed E-state index contributed by atoms with van der Waals surface area (Å²) in [7, 11) is 0. The molecule has 0 amide bonds.